The van der Waals surface area contributed by atoms with E-state index in [0.717, 1.165) is 5.56 Å². The van der Waals surface area contributed by atoms with Crippen LogP contribution in [0.25, 0.3) is 11.1 Å². The number of amides is 1. The zero-order valence-electron chi connectivity index (χ0n) is 29.8. The van der Waals surface area contributed by atoms with E-state index in [4.69, 9.17) is 25.5 Å². The van der Waals surface area contributed by atoms with E-state index in [2.05, 4.69) is 44.8 Å². The SMILES string of the molecule is C[C@H](COc1ccc(C#N)c(-c2c(Cl)c(F)cc3c2CC2(c4ccccc4)CN(C(=O)OC(C)(C)C)CCN32)c1F)O[Si](C)(C)C(C)(C)C. The van der Waals surface area contributed by atoms with Crippen LogP contribution in [0.15, 0.2) is 48.5 Å². The molecule has 0 bridgehead atoms. The Hall–Kier alpha value is -3.65. The van der Waals surface area contributed by atoms with Gasteiger partial charge in [-0.05, 0) is 75.2 Å². The van der Waals surface area contributed by atoms with Gasteiger partial charge in [0.1, 0.15) is 18.0 Å². The van der Waals surface area contributed by atoms with Crippen molar-refractivity contribution in [2.45, 2.75) is 90.3 Å². The fraction of sp³-hybridized carbons (Fsp3) is 0.474. The van der Waals surface area contributed by atoms with Gasteiger partial charge in [-0.15, -0.1) is 0 Å². The van der Waals surface area contributed by atoms with Crippen LogP contribution >= 0.6 is 11.6 Å². The van der Waals surface area contributed by atoms with Crippen LogP contribution in [0.2, 0.25) is 23.2 Å². The lowest BCUT2D eigenvalue weighted by Crippen LogP contribution is -2.60. The third-order valence-corrected chi connectivity index (χ3v) is 14.8. The second-order valence-corrected chi connectivity index (χ2v) is 20.7. The molecule has 2 aliphatic heterocycles. The van der Waals surface area contributed by atoms with E-state index in [0.29, 0.717) is 24.3 Å². The maximum absolute atomic E-state index is 16.7. The quantitative estimate of drug-likeness (QED) is 0.228. The van der Waals surface area contributed by atoms with Gasteiger partial charge >= 0.3 is 6.09 Å². The summed E-state index contributed by atoms with van der Waals surface area (Å²) in [6, 6.07) is 16.0. The van der Waals surface area contributed by atoms with Crippen molar-refractivity contribution in [3.63, 3.8) is 0 Å². The van der Waals surface area contributed by atoms with E-state index in [1.54, 1.807) is 4.90 Å². The molecule has 1 unspecified atom stereocenters. The van der Waals surface area contributed by atoms with Gasteiger partial charge in [0.15, 0.2) is 19.9 Å². The van der Waals surface area contributed by atoms with E-state index in [1.807, 2.05) is 58.0 Å². The molecule has 1 fully saturated rings. The molecule has 0 saturated carbocycles. The molecule has 3 aromatic carbocycles. The van der Waals surface area contributed by atoms with Crippen LogP contribution in [-0.2, 0) is 21.1 Å². The largest absolute Gasteiger partial charge is 0.488 e. The first-order valence-electron chi connectivity index (χ1n) is 16.7. The predicted octanol–water partition coefficient (Wildman–Crippen LogP) is 9.45. The number of anilines is 1. The summed E-state index contributed by atoms with van der Waals surface area (Å²) in [4.78, 5) is 17.1. The van der Waals surface area contributed by atoms with Crippen molar-refractivity contribution in [3.8, 4) is 22.9 Å². The van der Waals surface area contributed by atoms with E-state index >= 15 is 8.78 Å². The molecule has 1 saturated heterocycles. The topological polar surface area (TPSA) is 75.0 Å². The highest BCUT2D eigenvalue weighted by Crippen LogP contribution is 2.53. The van der Waals surface area contributed by atoms with E-state index in [-0.39, 0.29) is 58.2 Å². The van der Waals surface area contributed by atoms with Gasteiger partial charge in [-0.3, -0.25) is 0 Å². The van der Waals surface area contributed by atoms with Crippen molar-refractivity contribution in [1.82, 2.24) is 4.90 Å². The fourth-order valence-corrected chi connectivity index (χ4v) is 8.24. The minimum Gasteiger partial charge on any atom is -0.488 e. The number of piperazine rings is 1. The zero-order valence-corrected chi connectivity index (χ0v) is 31.6. The average Bonchev–Trinajstić information content (AvgIpc) is 3.34. The molecule has 0 radical (unpaired) electrons. The Kier molecular flexibility index (Phi) is 9.89. The molecule has 1 amide bonds. The Morgan fingerprint density at radius 1 is 1.06 bits per heavy atom. The summed E-state index contributed by atoms with van der Waals surface area (Å²) in [6.07, 6.45) is -0.499. The van der Waals surface area contributed by atoms with Crippen LogP contribution in [-0.4, -0.2) is 57.3 Å². The normalized spacial score (nSPS) is 18.4. The molecule has 7 nitrogen and oxygen atoms in total. The summed E-state index contributed by atoms with van der Waals surface area (Å²) in [7, 11) is -2.11. The van der Waals surface area contributed by atoms with Gasteiger partial charge in [0.25, 0.3) is 0 Å². The Morgan fingerprint density at radius 3 is 2.35 bits per heavy atom. The maximum Gasteiger partial charge on any atom is 0.410 e. The van der Waals surface area contributed by atoms with Crippen molar-refractivity contribution >= 4 is 31.7 Å². The zero-order chi connectivity index (χ0) is 36.1. The monoisotopic (exact) mass is 709 g/mol. The first-order chi connectivity index (χ1) is 22.8. The maximum atomic E-state index is 16.7. The average molecular weight is 710 g/mol. The Morgan fingerprint density at radius 2 is 1.73 bits per heavy atom. The van der Waals surface area contributed by atoms with Crippen LogP contribution < -0.4 is 9.64 Å². The highest BCUT2D eigenvalue weighted by atomic mass is 35.5. The fourth-order valence-electron chi connectivity index (χ4n) is 6.55. The Balaban J connectivity index is 1.59. The molecule has 0 spiro atoms. The van der Waals surface area contributed by atoms with Gasteiger partial charge in [0, 0.05) is 36.3 Å². The van der Waals surface area contributed by atoms with Crippen molar-refractivity contribution in [2.24, 2.45) is 0 Å². The summed E-state index contributed by atoms with van der Waals surface area (Å²) in [5, 5.41) is 9.87. The Labute approximate surface area is 294 Å². The van der Waals surface area contributed by atoms with Gasteiger partial charge in [-0.1, -0.05) is 62.7 Å². The highest BCUT2D eigenvalue weighted by molar-refractivity contribution is 6.74. The van der Waals surface area contributed by atoms with Crippen LogP contribution in [0.3, 0.4) is 0 Å². The van der Waals surface area contributed by atoms with E-state index in [9.17, 15) is 10.1 Å². The third kappa shape index (κ3) is 7.03. The number of fused-ring (bicyclic) bond motifs is 3. The first-order valence-corrected chi connectivity index (χ1v) is 19.9. The number of nitriles is 1. The minimum atomic E-state index is -2.11. The Bertz CT molecular complexity index is 1780. The summed E-state index contributed by atoms with van der Waals surface area (Å²) < 4.78 is 50.7. The lowest BCUT2D eigenvalue weighted by molar-refractivity contribution is 0.0164. The minimum absolute atomic E-state index is 0.000800. The van der Waals surface area contributed by atoms with Crippen molar-refractivity contribution < 1.29 is 27.5 Å². The number of halogens is 3. The molecule has 262 valence electrons. The van der Waals surface area contributed by atoms with Crippen LogP contribution in [0.1, 0.15) is 65.2 Å². The molecule has 2 heterocycles. The lowest BCUT2D eigenvalue weighted by atomic mass is 9.82. The molecule has 0 N–H and O–H groups in total. The number of nitrogens with zero attached hydrogens (tertiary/aromatic N) is 3. The predicted molar refractivity (Wildman–Crippen MR) is 192 cm³/mol. The van der Waals surface area contributed by atoms with Crippen LogP contribution in [0.5, 0.6) is 5.75 Å². The summed E-state index contributed by atoms with van der Waals surface area (Å²) in [5.74, 6) is -1.62. The smallest absolute Gasteiger partial charge is 0.410 e. The molecular formula is C38H46ClF2N3O4Si. The number of carbonyl (C=O) groups is 1. The standard InChI is InChI=1S/C38H46ClF2N3O4Si/c1-24(48-49(8,9)37(5,6)7)22-46-30-16-15-25(21-42)31(34(30)41)32-27-20-38(26-13-11-10-12-14-26)23-43(35(45)47-36(2,3)4)17-18-44(38)29(27)19-28(40)33(32)39/h10-16,19,24H,17-18,20,22-23H2,1-9H3/t24-,38?/m1/s1. The number of ether oxygens (including phenoxy) is 2. The number of hydrogen-bond acceptors (Lipinski definition) is 6. The second-order valence-electron chi connectivity index (χ2n) is 15.6. The highest BCUT2D eigenvalue weighted by Gasteiger charge is 2.51. The van der Waals surface area contributed by atoms with E-state index in [1.165, 1.54) is 18.2 Å². The molecule has 0 aromatic heterocycles. The molecular weight excluding hydrogens is 664 g/mol. The second kappa shape index (κ2) is 13.2. The molecule has 49 heavy (non-hydrogen) atoms. The molecule has 2 aliphatic rings. The van der Waals surface area contributed by atoms with Crippen molar-refractivity contribution in [2.75, 3.05) is 31.1 Å². The van der Waals surface area contributed by atoms with Crippen LogP contribution in [0.4, 0.5) is 19.3 Å². The third-order valence-electron chi connectivity index (χ3n) is 9.84. The molecule has 5 rings (SSSR count). The molecule has 11 heteroatoms. The van der Waals surface area contributed by atoms with Gasteiger partial charge in [-0.2, -0.15) is 5.26 Å². The van der Waals surface area contributed by atoms with Crippen molar-refractivity contribution in [1.29, 1.82) is 5.26 Å². The van der Waals surface area contributed by atoms with Crippen molar-refractivity contribution in [3.05, 3.63) is 81.9 Å². The van der Waals surface area contributed by atoms with Gasteiger partial charge in [0.05, 0.1) is 34.8 Å². The van der Waals surface area contributed by atoms with Crippen LogP contribution in [0, 0.1) is 23.0 Å². The number of rotatable bonds is 7. The van der Waals surface area contributed by atoms with Gasteiger partial charge < -0.3 is 23.7 Å². The van der Waals surface area contributed by atoms with E-state index < -0.39 is 37.2 Å². The van der Waals surface area contributed by atoms with Gasteiger partial charge in [-0.25, -0.2) is 13.6 Å². The molecule has 0 aliphatic carbocycles. The number of benzene rings is 3. The number of hydrogen-bond donors (Lipinski definition) is 0. The molecule has 3 aromatic rings. The summed E-state index contributed by atoms with van der Waals surface area (Å²) >= 11 is 6.74. The lowest BCUT2D eigenvalue weighted by Gasteiger charge is -2.48. The van der Waals surface area contributed by atoms with Gasteiger partial charge in [0.2, 0.25) is 0 Å². The molecule has 2 atom stereocenters. The number of carbonyl (C=O) groups excluding carboxylic acids is 1. The first kappa shape index (κ1) is 36.6. The summed E-state index contributed by atoms with van der Waals surface area (Å²) in [5.41, 5.74) is 0.484. The summed E-state index contributed by atoms with van der Waals surface area (Å²) in [6.45, 7) is 19.1.